The summed E-state index contributed by atoms with van der Waals surface area (Å²) < 4.78 is 5.40. The van der Waals surface area contributed by atoms with Crippen molar-refractivity contribution in [2.75, 3.05) is 24.3 Å². The number of nitrogens with zero attached hydrogens (tertiary/aromatic N) is 4. The van der Waals surface area contributed by atoms with E-state index in [-0.39, 0.29) is 12.0 Å². The topological polar surface area (TPSA) is 77.2 Å². The van der Waals surface area contributed by atoms with E-state index in [0.717, 1.165) is 13.0 Å². The minimum Gasteiger partial charge on any atom is -0.463 e. The highest BCUT2D eigenvalue weighted by Gasteiger charge is 2.10. The average Bonchev–Trinajstić information content (AvgIpc) is 2.88. The SMILES string of the molecule is CCCOc1nc(N)nc(N(C)Cc2cccs2)n1. The first-order valence-corrected chi connectivity index (χ1v) is 6.95. The molecule has 2 heterocycles. The van der Waals surface area contributed by atoms with Gasteiger partial charge in [0.2, 0.25) is 11.9 Å². The molecular formula is C12H17N5OS. The lowest BCUT2D eigenvalue weighted by Gasteiger charge is -2.16. The second-order valence-corrected chi connectivity index (χ2v) is 5.09. The fourth-order valence-electron chi connectivity index (χ4n) is 1.50. The molecule has 0 aliphatic carbocycles. The Hall–Kier alpha value is -1.89. The fraction of sp³-hybridized carbons (Fsp3) is 0.417. The Labute approximate surface area is 116 Å². The van der Waals surface area contributed by atoms with Crippen LogP contribution in [0.4, 0.5) is 11.9 Å². The van der Waals surface area contributed by atoms with Gasteiger partial charge in [0.05, 0.1) is 13.2 Å². The number of anilines is 2. The highest BCUT2D eigenvalue weighted by Crippen LogP contribution is 2.17. The molecule has 0 aliphatic heterocycles. The molecule has 0 aromatic carbocycles. The lowest BCUT2D eigenvalue weighted by atomic mass is 10.4. The third-order valence-corrected chi connectivity index (χ3v) is 3.23. The quantitative estimate of drug-likeness (QED) is 0.870. The van der Waals surface area contributed by atoms with Crippen LogP contribution >= 0.6 is 11.3 Å². The van der Waals surface area contributed by atoms with Crippen LogP contribution in [0.1, 0.15) is 18.2 Å². The molecule has 0 bridgehead atoms. The summed E-state index contributed by atoms with van der Waals surface area (Å²) >= 11 is 1.69. The molecule has 2 rings (SSSR count). The first-order chi connectivity index (χ1) is 9.19. The van der Waals surface area contributed by atoms with Crippen molar-refractivity contribution < 1.29 is 4.74 Å². The molecule has 0 fully saturated rings. The Bertz CT molecular complexity index is 517. The van der Waals surface area contributed by atoms with Gasteiger partial charge in [0.15, 0.2) is 0 Å². The lowest BCUT2D eigenvalue weighted by Crippen LogP contribution is -2.20. The zero-order valence-corrected chi connectivity index (χ0v) is 11.9. The number of nitrogens with two attached hydrogens (primary N) is 1. The van der Waals surface area contributed by atoms with Crippen molar-refractivity contribution in [3.8, 4) is 6.01 Å². The molecule has 19 heavy (non-hydrogen) atoms. The smallest absolute Gasteiger partial charge is 0.323 e. The van der Waals surface area contributed by atoms with E-state index in [0.29, 0.717) is 12.6 Å². The van der Waals surface area contributed by atoms with Gasteiger partial charge in [-0.2, -0.15) is 15.0 Å². The second-order valence-electron chi connectivity index (χ2n) is 4.06. The van der Waals surface area contributed by atoms with Crippen molar-refractivity contribution in [1.82, 2.24) is 15.0 Å². The summed E-state index contributed by atoms with van der Waals surface area (Å²) in [5.74, 6) is 0.695. The molecule has 2 N–H and O–H groups in total. The Morgan fingerprint density at radius 3 is 2.89 bits per heavy atom. The normalized spacial score (nSPS) is 10.4. The van der Waals surface area contributed by atoms with Gasteiger partial charge in [0.1, 0.15) is 0 Å². The number of hydrogen-bond donors (Lipinski definition) is 1. The molecule has 0 spiro atoms. The third kappa shape index (κ3) is 3.78. The Kier molecular flexibility index (Phi) is 4.51. The summed E-state index contributed by atoms with van der Waals surface area (Å²) in [6.07, 6.45) is 0.895. The molecule has 2 aromatic heterocycles. The van der Waals surface area contributed by atoms with E-state index < -0.39 is 0 Å². The Morgan fingerprint density at radius 1 is 1.37 bits per heavy atom. The van der Waals surface area contributed by atoms with Crippen molar-refractivity contribution in [2.45, 2.75) is 19.9 Å². The summed E-state index contributed by atoms with van der Waals surface area (Å²) in [6, 6.07) is 4.37. The number of hydrogen-bond acceptors (Lipinski definition) is 7. The molecule has 0 atom stereocenters. The molecule has 0 unspecified atom stereocenters. The zero-order valence-electron chi connectivity index (χ0n) is 11.0. The summed E-state index contributed by atoms with van der Waals surface area (Å²) in [6.45, 7) is 3.32. The molecule has 0 aliphatic rings. The van der Waals surface area contributed by atoms with Gasteiger partial charge in [-0.3, -0.25) is 0 Å². The second kappa shape index (κ2) is 6.33. The Balaban J connectivity index is 2.11. The maximum Gasteiger partial charge on any atom is 0.323 e. The van der Waals surface area contributed by atoms with E-state index >= 15 is 0 Å². The summed E-state index contributed by atoms with van der Waals surface area (Å²) in [7, 11) is 1.91. The van der Waals surface area contributed by atoms with Crippen LogP contribution in [0.3, 0.4) is 0 Å². The van der Waals surface area contributed by atoms with Crippen molar-refractivity contribution in [3.63, 3.8) is 0 Å². The van der Waals surface area contributed by atoms with Gasteiger partial charge >= 0.3 is 6.01 Å². The molecule has 102 valence electrons. The minimum atomic E-state index is 0.175. The minimum absolute atomic E-state index is 0.175. The van der Waals surface area contributed by atoms with Gasteiger partial charge in [-0.15, -0.1) is 11.3 Å². The van der Waals surface area contributed by atoms with E-state index in [1.807, 2.05) is 30.3 Å². The van der Waals surface area contributed by atoms with Crippen LogP contribution in [0.5, 0.6) is 6.01 Å². The fourth-order valence-corrected chi connectivity index (χ4v) is 2.25. The van der Waals surface area contributed by atoms with Crippen molar-refractivity contribution in [3.05, 3.63) is 22.4 Å². The van der Waals surface area contributed by atoms with Crippen LogP contribution in [0.2, 0.25) is 0 Å². The molecule has 6 nitrogen and oxygen atoms in total. The maximum atomic E-state index is 5.68. The van der Waals surface area contributed by atoms with E-state index in [1.165, 1.54) is 4.88 Å². The Morgan fingerprint density at radius 2 is 2.21 bits per heavy atom. The van der Waals surface area contributed by atoms with E-state index in [1.54, 1.807) is 11.3 Å². The maximum absolute atomic E-state index is 5.68. The molecule has 0 amide bonds. The van der Waals surface area contributed by atoms with Gasteiger partial charge in [-0.25, -0.2) is 0 Å². The van der Waals surface area contributed by atoms with Gasteiger partial charge < -0.3 is 15.4 Å². The molecule has 2 aromatic rings. The number of thiophene rings is 1. The van der Waals surface area contributed by atoms with Gasteiger partial charge in [-0.1, -0.05) is 13.0 Å². The monoisotopic (exact) mass is 279 g/mol. The van der Waals surface area contributed by atoms with Crippen molar-refractivity contribution >= 4 is 23.2 Å². The van der Waals surface area contributed by atoms with Crippen LogP contribution in [0.25, 0.3) is 0 Å². The summed E-state index contributed by atoms with van der Waals surface area (Å²) in [4.78, 5) is 15.5. The molecular weight excluding hydrogens is 262 g/mol. The van der Waals surface area contributed by atoms with E-state index in [9.17, 15) is 0 Å². The van der Waals surface area contributed by atoms with Gasteiger partial charge in [0.25, 0.3) is 0 Å². The highest BCUT2D eigenvalue weighted by molar-refractivity contribution is 7.09. The van der Waals surface area contributed by atoms with Gasteiger partial charge in [-0.05, 0) is 17.9 Å². The predicted molar refractivity (Wildman–Crippen MR) is 76.5 cm³/mol. The number of nitrogen functional groups attached to an aromatic ring is 1. The van der Waals surface area contributed by atoms with Crippen LogP contribution in [0, 0.1) is 0 Å². The van der Waals surface area contributed by atoms with Crippen LogP contribution < -0.4 is 15.4 Å². The summed E-state index contributed by atoms with van der Waals surface area (Å²) in [5.41, 5.74) is 5.68. The largest absolute Gasteiger partial charge is 0.463 e. The number of aromatic nitrogens is 3. The number of ether oxygens (including phenoxy) is 1. The van der Waals surface area contributed by atoms with Crippen LogP contribution in [0.15, 0.2) is 17.5 Å². The molecule has 7 heteroatoms. The first-order valence-electron chi connectivity index (χ1n) is 6.07. The zero-order chi connectivity index (χ0) is 13.7. The molecule has 0 saturated carbocycles. The van der Waals surface area contributed by atoms with Gasteiger partial charge in [0, 0.05) is 11.9 Å². The standard InChI is InChI=1S/C12H17N5OS/c1-3-6-18-12-15-10(13)14-11(16-12)17(2)8-9-5-4-7-19-9/h4-5,7H,3,6,8H2,1-2H3,(H2,13,14,15,16). The number of rotatable bonds is 6. The van der Waals surface area contributed by atoms with E-state index in [4.69, 9.17) is 10.5 Å². The van der Waals surface area contributed by atoms with Crippen molar-refractivity contribution in [2.24, 2.45) is 0 Å². The first kappa shape index (κ1) is 13.5. The molecule has 0 saturated heterocycles. The lowest BCUT2D eigenvalue weighted by molar-refractivity contribution is 0.292. The van der Waals surface area contributed by atoms with Crippen LogP contribution in [-0.2, 0) is 6.54 Å². The molecule has 0 radical (unpaired) electrons. The third-order valence-electron chi connectivity index (χ3n) is 2.37. The summed E-state index contributed by atoms with van der Waals surface area (Å²) in [5, 5.41) is 2.04. The van der Waals surface area contributed by atoms with E-state index in [2.05, 4.69) is 21.0 Å². The highest BCUT2D eigenvalue weighted by atomic mass is 32.1. The van der Waals surface area contributed by atoms with Crippen molar-refractivity contribution in [1.29, 1.82) is 0 Å². The predicted octanol–water partition coefficient (Wildman–Crippen LogP) is 1.94. The van der Waals surface area contributed by atoms with Crippen LogP contribution in [-0.4, -0.2) is 28.6 Å². The average molecular weight is 279 g/mol.